The fourth-order valence-electron chi connectivity index (χ4n) is 3.01. The first-order valence-corrected chi connectivity index (χ1v) is 7.81. The minimum atomic E-state index is -0.729. The van der Waals surface area contributed by atoms with Crippen molar-refractivity contribution in [2.75, 3.05) is 19.6 Å². The van der Waals surface area contributed by atoms with E-state index in [0.717, 1.165) is 19.5 Å². The van der Waals surface area contributed by atoms with E-state index in [0.29, 0.717) is 25.3 Å². The summed E-state index contributed by atoms with van der Waals surface area (Å²) in [4.78, 5) is 27.5. The van der Waals surface area contributed by atoms with Gasteiger partial charge in [-0.2, -0.15) is 0 Å². The van der Waals surface area contributed by atoms with Gasteiger partial charge in [0.2, 0.25) is 0 Å². The summed E-state index contributed by atoms with van der Waals surface area (Å²) in [6, 6.07) is 0.131. The van der Waals surface area contributed by atoms with Crippen LogP contribution in [0.25, 0.3) is 0 Å². The first-order valence-electron chi connectivity index (χ1n) is 7.81. The van der Waals surface area contributed by atoms with Crippen LogP contribution in [0.2, 0.25) is 0 Å². The SMILES string of the molecule is CCCN(CC1CC1)C(=O)N1CCC(C(=O)O)CC1C. The van der Waals surface area contributed by atoms with Gasteiger partial charge in [0.1, 0.15) is 0 Å². The van der Waals surface area contributed by atoms with Crippen LogP contribution in [-0.2, 0) is 4.79 Å². The number of carbonyl (C=O) groups excluding carboxylic acids is 1. The van der Waals surface area contributed by atoms with Gasteiger partial charge in [-0.15, -0.1) is 0 Å². The Balaban J connectivity index is 1.94. The maximum atomic E-state index is 12.6. The summed E-state index contributed by atoms with van der Waals surface area (Å²) in [5.74, 6) is -0.332. The number of urea groups is 1. The van der Waals surface area contributed by atoms with Gasteiger partial charge in [0.05, 0.1) is 5.92 Å². The molecule has 2 rings (SSSR count). The fourth-order valence-corrected chi connectivity index (χ4v) is 3.01. The van der Waals surface area contributed by atoms with E-state index < -0.39 is 5.97 Å². The summed E-state index contributed by atoms with van der Waals surface area (Å²) >= 11 is 0. The molecule has 5 nitrogen and oxygen atoms in total. The van der Waals surface area contributed by atoms with Crippen molar-refractivity contribution in [1.82, 2.24) is 9.80 Å². The van der Waals surface area contributed by atoms with Gasteiger partial charge in [0.25, 0.3) is 0 Å². The number of carboxylic acids is 1. The predicted octanol–water partition coefficient (Wildman–Crippen LogP) is 2.41. The molecular weight excluding hydrogens is 256 g/mol. The molecule has 1 N–H and O–H groups in total. The van der Waals surface area contributed by atoms with Gasteiger partial charge in [-0.1, -0.05) is 6.92 Å². The second-order valence-electron chi connectivity index (χ2n) is 6.27. The molecule has 20 heavy (non-hydrogen) atoms. The quantitative estimate of drug-likeness (QED) is 0.842. The molecule has 0 spiro atoms. The van der Waals surface area contributed by atoms with Crippen molar-refractivity contribution in [2.45, 2.75) is 52.0 Å². The van der Waals surface area contributed by atoms with Crippen molar-refractivity contribution in [2.24, 2.45) is 11.8 Å². The third-order valence-corrected chi connectivity index (χ3v) is 4.41. The minimum absolute atomic E-state index is 0.0240. The van der Waals surface area contributed by atoms with Crippen LogP contribution in [0.4, 0.5) is 4.79 Å². The van der Waals surface area contributed by atoms with Gasteiger partial charge in [-0.25, -0.2) is 4.79 Å². The second kappa shape index (κ2) is 6.46. The highest BCUT2D eigenvalue weighted by atomic mass is 16.4. The summed E-state index contributed by atoms with van der Waals surface area (Å²) < 4.78 is 0. The molecule has 0 aromatic heterocycles. The first-order chi connectivity index (χ1) is 9.52. The molecule has 114 valence electrons. The molecule has 0 aromatic rings. The maximum absolute atomic E-state index is 12.6. The number of aliphatic carboxylic acids is 1. The average Bonchev–Trinajstić information content (AvgIpc) is 3.21. The number of hydrogen-bond donors (Lipinski definition) is 1. The normalized spacial score (nSPS) is 26.4. The lowest BCUT2D eigenvalue weighted by Crippen LogP contribution is -2.52. The van der Waals surface area contributed by atoms with Gasteiger partial charge in [-0.05, 0) is 44.9 Å². The predicted molar refractivity (Wildman–Crippen MR) is 76.5 cm³/mol. The van der Waals surface area contributed by atoms with Gasteiger partial charge in [0, 0.05) is 25.7 Å². The zero-order chi connectivity index (χ0) is 14.7. The number of amides is 2. The van der Waals surface area contributed by atoms with Gasteiger partial charge in [0.15, 0.2) is 0 Å². The molecule has 1 aliphatic heterocycles. The number of likely N-dealkylation sites (tertiary alicyclic amines) is 1. The Morgan fingerprint density at radius 3 is 2.50 bits per heavy atom. The van der Waals surface area contributed by atoms with Crippen molar-refractivity contribution in [1.29, 1.82) is 0 Å². The molecule has 0 aromatic carbocycles. The van der Waals surface area contributed by atoms with Crippen LogP contribution in [0.15, 0.2) is 0 Å². The van der Waals surface area contributed by atoms with Crippen molar-refractivity contribution in [3.05, 3.63) is 0 Å². The zero-order valence-electron chi connectivity index (χ0n) is 12.5. The van der Waals surface area contributed by atoms with Gasteiger partial charge >= 0.3 is 12.0 Å². The van der Waals surface area contributed by atoms with Gasteiger partial charge < -0.3 is 14.9 Å². The van der Waals surface area contributed by atoms with E-state index in [1.54, 1.807) is 0 Å². The smallest absolute Gasteiger partial charge is 0.320 e. The third-order valence-electron chi connectivity index (χ3n) is 4.41. The third kappa shape index (κ3) is 3.64. The van der Waals surface area contributed by atoms with Crippen molar-refractivity contribution >= 4 is 12.0 Å². The molecule has 2 aliphatic rings. The zero-order valence-corrected chi connectivity index (χ0v) is 12.5. The summed E-state index contributed by atoms with van der Waals surface area (Å²) in [6.07, 6.45) is 4.60. The van der Waals surface area contributed by atoms with Crippen LogP contribution < -0.4 is 0 Å². The Bertz CT molecular complexity index is 368. The molecule has 1 aliphatic carbocycles. The Kier molecular flexibility index (Phi) is 4.89. The largest absolute Gasteiger partial charge is 0.481 e. The summed E-state index contributed by atoms with van der Waals surface area (Å²) in [5, 5.41) is 9.09. The van der Waals surface area contributed by atoms with Crippen LogP contribution in [-0.4, -0.2) is 52.6 Å². The van der Waals surface area contributed by atoms with Crippen LogP contribution >= 0.6 is 0 Å². The van der Waals surface area contributed by atoms with Crippen molar-refractivity contribution in [3.8, 4) is 0 Å². The van der Waals surface area contributed by atoms with E-state index >= 15 is 0 Å². The number of nitrogens with zero attached hydrogens (tertiary/aromatic N) is 2. The van der Waals surface area contributed by atoms with E-state index in [1.807, 2.05) is 16.7 Å². The standard InChI is InChI=1S/C15H26N2O3/c1-3-7-16(10-12-4-5-12)15(20)17-8-6-13(14(18)19)9-11(17)2/h11-13H,3-10H2,1-2H3,(H,18,19). The molecule has 1 heterocycles. The lowest BCUT2D eigenvalue weighted by Gasteiger charge is -2.39. The van der Waals surface area contributed by atoms with Gasteiger partial charge in [-0.3, -0.25) is 4.79 Å². The summed E-state index contributed by atoms with van der Waals surface area (Å²) in [5.41, 5.74) is 0. The van der Waals surface area contributed by atoms with E-state index in [-0.39, 0.29) is 18.0 Å². The molecule has 1 saturated carbocycles. The highest BCUT2D eigenvalue weighted by molar-refractivity contribution is 5.76. The Morgan fingerprint density at radius 2 is 2.00 bits per heavy atom. The molecule has 2 fully saturated rings. The molecular formula is C15H26N2O3. The molecule has 2 amide bonds. The average molecular weight is 282 g/mol. The molecule has 1 saturated heterocycles. The molecule has 5 heteroatoms. The number of piperidine rings is 1. The molecule has 2 unspecified atom stereocenters. The lowest BCUT2D eigenvalue weighted by molar-refractivity contribution is -0.143. The van der Waals surface area contributed by atoms with E-state index in [4.69, 9.17) is 5.11 Å². The number of rotatable bonds is 5. The Labute approximate surface area is 120 Å². The van der Waals surface area contributed by atoms with Crippen LogP contribution in [0.5, 0.6) is 0 Å². The van der Waals surface area contributed by atoms with E-state index in [1.165, 1.54) is 12.8 Å². The molecule has 0 bridgehead atoms. The minimum Gasteiger partial charge on any atom is -0.481 e. The van der Waals surface area contributed by atoms with Crippen LogP contribution in [0.3, 0.4) is 0 Å². The summed E-state index contributed by atoms with van der Waals surface area (Å²) in [7, 11) is 0. The molecule has 2 atom stereocenters. The molecule has 0 radical (unpaired) electrons. The Hall–Kier alpha value is -1.26. The van der Waals surface area contributed by atoms with Crippen LogP contribution in [0.1, 0.15) is 46.0 Å². The number of hydrogen-bond acceptors (Lipinski definition) is 2. The maximum Gasteiger partial charge on any atom is 0.320 e. The Morgan fingerprint density at radius 1 is 1.30 bits per heavy atom. The lowest BCUT2D eigenvalue weighted by atomic mass is 9.92. The van der Waals surface area contributed by atoms with Crippen LogP contribution in [0, 0.1) is 11.8 Å². The number of carboxylic acid groups (broad SMARTS) is 1. The highest BCUT2D eigenvalue weighted by Gasteiger charge is 2.35. The monoisotopic (exact) mass is 282 g/mol. The summed E-state index contributed by atoms with van der Waals surface area (Å²) in [6.45, 7) is 6.31. The second-order valence-corrected chi connectivity index (χ2v) is 6.27. The topological polar surface area (TPSA) is 60.9 Å². The fraction of sp³-hybridized carbons (Fsp3) is 0.867. The first kappa shape index (κ1) is 15.1. The van der Waals surface area contributed by atoms with Crippen molar-refractivity contribution in [3.63, 3.8) is 0 Å². The van der Waals surface area contributed by atoms with E-state index in [2.05, 4.69) is 6.92 Å². The highest BCUT2D eigenvalue weighted by Crippen LogP contribution is 2.31. The number of carbonyl (C=O) groups is 2. The van der Waals surface area contributed by atoms with Crippen molar-refractivity contribution < 1.29 is 14.7 Å². The van der Waals surface area contributed by atoms with E-state index in [9.17, 15) is 9.59 Å².